The molecule has 2 atom stereocenters. The van der Waals surface area contributed by atoms with Gasteiger partial charge < -0.3 is 16.0 Å². The molecule has 1 aromatic carbocycles. The highest BCUT2D eigenvalue weighted by atomic mass is 127. The van der Waals surface area contributed by atoms with Gasteiger partial charge in [-0.15, -0.1) is 24.0 Å². The first kappa shape index (κ1) is 19.2. The van der Waals surface area contributed by atoms with Gasteiger partial charge in [-0.2, -0.15) is 0 Å². The number of guanidine groups is 1. The summed E-state index contributed by atoms with van der Waals surface area (Å²) in [6, 6.07) is 8.48. The zero-order chi connectivity index (χ0) is 15.2. The van der Waals surface area contributed by atoms with E-state index in [1.165, 1.54) is 18.5 Å². The molecule has 1 heterocycles. The number of nitrogens with zero attached hydrogens (tertiary/aromatic N) is 2. The standard InChI is InChI=1S/C17H28N4.HI/c1-4-13(2)15-5-7-16(8-6-15)20-17(18)19-11-14-9-10-21(3)12-14;/h5-8,13-14H,4,9-12H2,1-3H3,(H3,18,19,20);1H. The van der Waals surface area contributed by atoms with Crippen molar-refractivity contribution in [1.82, 2.24) is 4.90 Å². The minimum absolute atomic E-state index is 0. The summed E-state index contributed by atoms with van der Waals surface area (Å²) in [6.07, 6.45) is 2.38. The molecule has 4 nitrogen and oxygen atoms in total. The molecular weight excluding hydrogens is 387 g/mol. The number of likely N-dealkylation sites (tertiary alicyclic amines) is 1. The molecule has 2 rings (SSSR count). The van der Waals surface area contributed by atoms with Crippen LogP contribution in [0.3, 0.4) is 0 Å². The second-order valence-electron chi connectivity index (χ2n) is 6.20. The SMILES string of the molecule is CCC(C)c1ccc(NC(N)=NCC2CCN(C)C2)cc1.I. The van der Waals surface area contributed by atoms with Crippen LogP contribution in [0.4, 0.5) is 5.69 Å². The molecule has 124 valence electrons. The summed E-state index contributed by atoms with van der Waals surface area (Å²) < 4.78 is 0. The van der Waals surface area contributed by atoms with Gasteiger partial charge in [-0.1, -0.05) is 26.0 Å². The molecule has 22 heavy (non-hydrogen) atoms. The lowest BCUT2D eigenvalue weighted by molar-refractivity contribution is 0.397. The Hall–Kier alpha value is -0.820. The molecule has 1 aliphatic heterocycles. The van der Waals surface area contributed by atoms with Crippen molar-refractivity contribution in [3.63, 3.8) is 0 Å². The number of benzene rings is 1. The maximum absolute atomic E-state index is 5.97. The van der Waals surface area contributed by atoms with Crippen molar-refractivity contribution >= 4 is 35.6 Å². The van der Waals surface area contributed by atoms with E-state index in [4.69, 9.17) is 5.73 Å². The third-order valence-electron chi connectivity index (χ3n) is 4.37. The summed E-state index contributed by atoms with van der Waals surface area (Å²) in [4.78, 5) is 6.81. The summed E-state index contributed by atoms with van der Waals surface area (Å²) in [6.45, 7) is 7.57. The average Bonchev–Trinajstić information content (AvgIpc) is 2.91. The number of nitrogens with one attached hydrogen (secondary N) is 1. The Labute approximate surface area is 151 Å². The maximum atomic E-state index is 5.97. The lowest BCUT2D eigenvalue weighted by Crippen LogP contribution is -2.24. The van der Waals surface area contributed by atoms with Crippen LogP contribution in [0.5, 0.6) is 0 Å². The van der Waals surface area contributed by atoms with Gasteiger partial charge >= 0.3 is 0 Å². The van der Waals surface area contributed by atoms with Crippen LogP contribution in [-0.4, -0.2) is 37.5 Å². The van der Waals surface area contributed by atoms with Gasteiger partial charge in [0.15, 0.2) is 5.96 Å². The molecule has 0 aromatic heterocycles. The molecule has 3 N–H and O–H groups in total. The van der Waals surface area contributed by atoms with Crippen LogP contribution in [0.15, 0.2) is 29.3 Å². The van der Waals surface area contributed by atoms with E-state index in [0.29, 0.717) is 17.8 Å². The van der Waals surface area contributed by atoms with Gasteiger partial charge in [-0.3, -0.25) is 4.99 Å². The van der Waals surface area contributed by atoms with Crippen molar-refractivity contribution in [2.45, 2.75) is 32.6 Å². The monoisotopic (exact) mass is 416 g/mol. The van der Waals surface area contributed by atoms with Crippen molar-refractivity contribution in [2.75, 3.05) is 32.0 Å². The van der Waals surface area contributed by atoms with Gasteiger partial charge in [-0.05, 0) is 56.0 Å². The molecular formula is C17H29IN4. The summed E-state index contributed by atoms with van der Waals surface area (Å²) >= 11 is 0. The quantitative estimate of drug-likeness (QED) is 0.439. The third-order valence-corrected chi connectivity index (χ3v) is 4.37. The Morgan fingerprint density at radius 2 is 2.09 bits per heavy atom. The summed E-state index contributed by atoms with van der Waals surface area (Å²) in [5.74, 6) is 1.76. The Bertz CT molecular complexity index is 472. The van der Waals surface area contributed by atoms with E-state index >= 15 is 0 Å². The average molecular weight is 416 g/mol. The normalized spacial score (nSPS) is 20.5. The van der Waals surface area contributed by atoms with E-state index in [1.54, 1.807) is 0 Å². The fraction of sp³-hybridized carbons (Fsp3) is 0.588. The van der Waals surface area contributed by atoms with E-state index < -0.39 is 0 Å². The number of hydrogen-bond acceptors (Lipinski definition) is 2. The summed E-state index contributed by atoms with van der Waals surface area (Å²) in [7, 11) is 2.16. The minimum Gasteiger partial charge on any atom is -0.370 e. The smallest absolute Gasteiger partial charge is 0.193 e. The Balaban J connectivity index is 0.00000242. The van der Waals surface area contributed by atoms with E-state index in [0.717, 1.165) is 25.2 Å². The molecule has 0 aliphatic carbocycles. The number of nitrogens with two attached hydrogens (primary N) is 1. The highest BCUT2D eigenvalue weighted by Crippen LogP contribution is 2.20. The predicted molar refractivity (Wildman–Crippen MR) is 106 cm³/mol. The van der Waals surface area contributed by atoms with Gasteiger partial charge in [-0.25, -0.2) is 0 Å². The van der Waals surface area contributed by atoms with Crippen molar-refractivity contribution in [2.24, 2.45) is 16.6 Å². The lowest BCUT2D eigenvalue weighted by Gasteiger charge is -2.11. The zero-order valence-electron chi connectivity index (χ0n) is 13.9. The van der Waals surface area contributed by atoms with Crippen LogP contribution in [0.25, 0.3) is 0 Å². The Morgan fingerprint density at radius 3 is 2.64 bits per heavy atom. The van der Waals surface area contributed by atoms with Gasteiger partial charge in [0, 0.05) is 18.8 Å². The largest absolute Gasteiger partial charge is 0.370 e. The number of rotatable bonds is 5. The Morgan fingerprint density at radius 1 is 1.41 bits per heavy atom. The first-order valence-corrected chi connectivity index (χ1v) is 7.94. The Kier molecular flexibility index (Phi) is 8.17. The number of halogens is 1. The fourth-order valence-corrected chi connectivity index (χ4v) is 2.72. The molecule has 0 bridgehead atoms. The van der Waals surface area contributed by atoms with Crippen LogP contribution in [0.1, 0.15) is 38.2 Å². The van der Waals surface area contributed by atoms with Gasteiger partial charge in [0.2, 0.25) is 0 Å². The van der Waals surface area contributed by atoms with Crippen LogP contribution >= 0.6 is 24.0 Å². The van der Waals surface area contributed by atoms with Crippen LogP contribution in [0, 0.1) is 5.92 Å². The van der Waals surface area contributed by atoms with Gasteiger partial charge in [0.1, 0.15) is 0 Å². The first-order valence-electron chi connectivity index (χ1n) is 7.94. The topological polar surface area (TPSA) is 53.6 Å². The summed E-state index contributed by atoms with van der Waals surface area (Å²) in [5, 5.41) is 3.18. The second-order valence-corrected chi connectivity index (χ2v) is 6.20. The van der Waals surface area contributed by atoms with Gasteiger partial charge in [0.25, 0.3) is 0 Å². The molecule has 5 heteroatoms. The number of aliphatic imine (C=N–C) groups is 1. The minimum atomic E-state index is 0. The molecule has 1 saturated heterocycles. The second kappa shape index (κ2) is 9.35. The third kappa shape index (κ3) is 5.76. The molecule has 2 unspecified atom stereocenters. The highest BCUT2D eigenvalue weighted by molar-refractivity contribution is 14.0. The van der Waals surface area contributed by atoms with Crippen LogP contribution in [0.2, 0.25) is 0 Å². The number of hydrogen-bond donors (Lipinski definition) is 2. The van der Waals surface area contributed by atoms with Crippen molar-refractivity contribution < 1.29 is 0 Å². The van der Waals surface area contributed by atoms with E-state index in [9.17, 15) is 0 Å². The molecule has 0 spiro atoms. The molecule has 0 saturated carbocycles. The molecule has 0 radical (unpaired) electrons. The fourth-order valence-electron chi connectivity index (χ4n) is 2.72. The molecule has 0 amide bonds. The molecule has 1 fully saturated rings. The first-order chi connectivity index (χ1) is 10.1. The van der Waals surface area contributed by atoms with Gasteiger partial charge in [0.05, 0.1) is 0 Å². The van der Waals surface area contributed by atoms with Crippen molar-refractivity contribution in [1.29, 1.82) is 0 Å². The van der Waals surface area contributed by atoms with Crippen molar-refractivity contribution in [3.05, 3.63) is 29.8 Å². The zero-order valence-corrected chi connectivity index (χ0v) is 16.2. The molecule has 1 aliphatic rings. The molecule has 1 aromatic rings. The highest BCUT2D eigenvalue weighted by Gasteiger charge is 2.18. The van der Waals surface area contributed by atoms with E-state index in [2.05, 4.69) is 60.4 Å². The van der Waals surface area contributed by atoms with Crippen LogP contribution in [-0.2, 0) is 0 Å². The van der Waals surface area contributed by atoms with Crippen molar-refractivity contribution in [3.8, 4) is 0 Å². The lowest BCUT2D eigenvalue weighted by atomic mass is 9.99. The van der Waals surface area contributed by atoms with E-state index in [-0.39, 0.29) is 24.0 Å². The predicted octanol–water partition coefficient (Wildman–Crippen LogP) is 3.50. The number of anilines is 1. The van der Waals surface area contributed by atoms with Crippen LogP contribution < -0.4 is 11.1 Å². The summed E-state index contributed by atoms with van der Waals surface area (Å²) in [5.41, 5.74) is 8.34. The maximum Gasteiger partial charge on any atom is 0.193 e. The van der Waals surface area contributed by atoms with E-state index in [1.807, 2.05) is 0 Å².